The van der Waals surface area contributed by atoms with Gasteiger partial charge in [-0.1, -0.05) is 19.8 Å². The van der Waals surface area contributed by atoms with Crippen LogP contribution in [0.15, 0.2) is 0 Å². The lowest BCUT2D eigenvalue weighted by atomic mass is 9.75. The molecule has 0 aromatic carbocycles. The van der Waals surface area contributed by atoms with Crippen LogP contribution in [0.4, 0.5) is 0 Å². The maximum Gasteiger partial charge on any atom is 0.109 e. The third kappa shape index (κ3) is 2.25. The average Bonchev–Trinajstić information content (AvgIpc) is 2.40. The van der Waals surface area contributed by atoms with E-state index in [1.54, 1.807) is 0 Å². The minimum absolute atomic E-state index is 0.0912. The van der Waals surface area contributed by atoms with Crippen LogP contribution < -0.4 is 0 Å². The molecule has 2 aliphatic rings. The van der Waals surface area contributed by atoms with Crippen molar-refractivity contribution in [3.8, 4) is 6.07 Å². The Balaban J connectivity index is 2.00. The molecule has 0 N–H and O–H groups in total. The Morgan fingerprint density at radius 3 is 2.31 bits per heavy atom. The van der Waals surface area contributed by atoms with Crippen LogP contribution in [-0.4, -0.2) is 23.5 Å². The van der Waals surface area contributed by atoms with Crippen LogP contribution in [0.25, 0.3) is 0 Å². The van der Waals surface area contributed by atoms with Crippen molar-refractivity contribution in [3.63, 3.8) is 0 Å². The summed E-state index contributed by atoms with van der Waals surface area (Å²) in [5.41, 5.74) is -0.0912. The molecular weight excluding hydrogens is 196 g/mol. The molecule has 0 spiro atoms. The Bertz CT molecular complexity index is 252. The fourth-order valence-corrected chi connectivity index (χ4v) is 3.38. The Hall–Kier alpha value is -0.550. The van der Waals surface area contributed by atoms with Gasteiger partial charge in [-0.05, 0) is 57.5 Å². The minimum Gasteiger partial charge on any atom is -0.286 e. The van der Waals surface area contributed by atoms with Crippen molar-refractivity contribution in [2.45, 2.75) is 63.8 Å². The van der Waals surface area contributed by atoms with Crippen molar-refractivity contribution < 1.29 is 0 Å². The van der Waals surface area contributed by atoms with Gasteiger partial charge in [-0.15, -0.1) is 0 Å². The molecule has 0 aromatic heterocycles. The number of piperidine rings is 1. The fraction of sp³-hybridized carbons (Fsp3) is 0.929. The van der Waals surface area contributed by atoms with Gasteiger partial charge in [0.25, 0.3) is 0 Å². The quantitative estimate of drug-likeness (QED) is 0.713. The van der Waals surface area contributed by atoms with Crippen LogP contribution in [0.1, 0.15) is 58.3 Å². The van der Waals surface area contributed by atoms with Gasteiger partial charge in [0.1, 0.15) is 5.54 Å². The predicted octanol–water partition coefficient (Wildman–Crippen LogP) is 3.33. The van der Waals surface area contributed by atoms with Gasteiger partial charge in [0, 0.05) is 0 Å². The first-order valence-electron chi connectivity index (χ1n) is 6.97. The van der Waals surface area contributed by atoms with E-state index in [0.29, 0.717) is 0 Å². The highest BCUT2D eigenvalue weighted by Gasteiger charge is 2.40. The molecule has 0 aromatic rings. The summed E-state index contributed by atoms with van der Waals surface area (Å²) in [5.74, 6) is 0.881. The van der Waals surface area contributed by atoms with Crippen LogP contribution in [-0.2, 0) is 0 Å². The van der Waals surface area contributed by atoms with E-state index in [9.17, 15) is 5.26 Å². The van der Waals surface area contributed by atoms with E-state index < -0.39 is 0 Å². The van der Waals surface area contributed by atoms with Gasteiger partial charge in [-0.2, -0.15) is 5.26 Å². The molecule has 16 heavy (non-hydrogen) atoms. The molecule has 0 unspecified atom stereocenters. The number of nitrogens with zero attached hydrogens (tertiary/aromatic N) is 2. The van der Waals surface area contributed by atoms with Crippen molar-refractivity contribution >= 4 is 0 Å². The van der Waals surface area contributed by atoms with Gasteiger partial charge in [0.05, 0.1) is 6.07 Å². The Morgan fingerprint density at radius 2 is 1.81 bits per heavy atom. The van der Waals surface area contributed by atoms with Gasteiger partial charge in [-0.3, -0.25) is 4.90 Å². The third-order valence-electron chi connectivity index (χ3n) is 4.68. The minimum atomic E-state index is -0.0912. The first-order valence-corrected chi connectivity index (χ1v) is 6.97. The maximum absolute atomic E-state index is 9.56. The molecule has 1 saturated heterocycles. The number of hydrogen-bond donors (Lipinski definition) is 0. The molecule has 2 heteroatoms. The van der Waals surface area contributed by atoms with Crippen LogP contribution >= 0.6 is 0 Å². The van der Waals surface area contributed by atoms with E-state index >= 15 is 0 Å². The summed E-state index contributed by atoms with van der Waals surface area (Å²) in [4.78, 5) is 2.49. The van der Waals surface area contributed by atoms with E-state index in [0.717, 1.165) is 31.8 Å². The molecule has 2 fully saturated rings. The van der Waals surface area contributed by atoms with Gasteiger partial charge in [-0.25, -0.2) is 0 Å². The number of hydrogen-bond acceptors (Lipinski definition) is 2. The van der Waals surface area contributed by atoms with Crippen molar-refractivity contribution in [2.75, 3.05) is 13.1 Å². The second kappa shape index (κ2) is 5.19. The molecule has 1 heterocycles. The van der Waals surface area contributed by atoms with E-state index in [1.807, 2.05) is 0 Å². The molecule has 0 radical (unpaired) electrons. The van der Waals surface area contributed by atoms with E-state index in [-0.39, 0.29) is 5.54 Å². The van der Waals surface area contributed by atoms with Crippen LogP contribution in [0.3, 0.4) is 0 Å². The molecule has 1 aliphatic heterocycles. The van der Waals surface area contributed by atoms with Crippen molar-refractivity contribution in [1.82, 2.24) is 4.90 Å². The van der Waals surface area contributed by atoms with Crippen molar-refractivity contribution in [2.24, 2.45) is 5.92 Å². The fourth-order valence-electron chi connectivity index (χ4n) is 3.38. The van der Waals surface area contributed by atoms with E-state index in [2.05, 4.69) is 17.9 Å². The van der Waals surface area contributed by atoms with E-state index in [1.165, 1.54) is 38.5 Å². The largest absolute Gasteiger partial charge is 0.286 e. The summed E-state index contributed by atoms with van der Waals surface area (Å²) >= 11 is 0. The first kappa shape index (κ1) is 11.9. The molecule has 0 amide bonds. The Labute approximate surface area is 99.6 Å². The first-order chi connectivity index (χ1) is 7.80. The number of nitriles is 1. The second-order valence-electron chi connectivity index (χ2n) is 5.54. The topological polar surface area (TPSA) is 27.0 Å². The zero-order valence-corrected chi connectivity index (χ0v) is 10.5. The molecule has 2 nitrogen and oxygen atoms in total. The van der Waals surface area contributed by atoms with E-state index in [4.69, 9.17) is 0 Å². The molecule has 0 atom stereocenters. The lowest BCUT2D eigenvalue weighted by Crippen LogP contribution is -2.51. The molecule has 90 valence electrons. The highest BCUT2D eigenvalue weighted by atomic mass is 15.2. The number of likely N-dealkylation sites (tertiary alicyclic amines) is 1. The number of rotatable bonds is 2. The zero-order chi connectivity index (χ0) is 11.4. The summed E-state index contributed by atoms with van der Waals surface area (Å²) in [7, 11) is 0. The standard InChI is InChI=1S/C14H24N2/c1-2-13-6-8-14(12-15,9-7-13)16-10-4-3-5-11-16/h13H,2-11H2,1H3. The average molecular weight is 220 g/mol. The summed E-state index contributed by atoms with van der Waals surface area (Å²) in [6, 6.07) is 2.66. The van der Waals surface area contributed by atoms with Crippen molar-refractivity contribution in [1.29, 1.82) is 5.26 Å². The molecule has 2 rings (SSSR count). The highest BCUT2D eigenvalue weighted by molar-refractivity contribution is 5.10. The van der Waals surface area contributed by atoms with Gasteiger partial charge < -0.3 is 0 Å². The maximum atomic E-state index is 9.56. The van der Waals surface area contributed by atoms with Crippen LogP contribution in [0.5, 0.6) is 0 Å². The summed E-state index contributed by atoms with van der Waals surface area (Å²) < 4.78 is 0. The van der Waals surface area contributed by atoms with Crippen LogP contribution in [0, 0.1) is 17.2 Å². The van der Waals surface area contributed by atoms with Gasteiger partial charge in [0.2, 0.25) is 0 Å². The summed E-state index contributed by atoms with van der Waals surface area (Å²) in [6.45, 7) is 4.60. The molecule has 1 saturated carbocycles. The predicted molar refractivity (Wildman–Crippen MR) is 66.0 cm³/mol. The lowest BCUT2D eigenvalue weighted by Gasteiger charge is -2.45. The van der Waals surface area contributed by atoms with Crippen LogP contribution in [0.2, 0.25) is 0 Å². The molecule has 0 bridgehead atoms. The molecule has 1 aliphatic carbocycles. The second-order valence-corrected chi connectivity index (χ2v) is 5.54. The Kier molecular flexibility index (Phi) is 3.86. The monoisotopic (exact) mass is 220 g/mol. The Morgan fingerprint density at radius 1 is 1.19 bits per heavy atom. The van der Waals surface area contributed by atoms with Crippen molar-refractivity contribution in [3.05, 3.63) is 0 Å². The smallest absolute Gasteiger partial charge is 0.109 e. The lowest BCUT2D eigenvalue weighted by molar-refractivity contribution is 0.0626. The SMILES string of the molecule is CCC1CCC(C#N)(N2CCCCC2)CC1. The zero-order valence-electron chi connectivity index (χ0n) is 10.5. The highest BCUT2D eigenvalue weighted by Crippen LogP contribution is 2.38. The molecular formula is C14H24N2. The third-order valence-corrected chi connectivity index (χ3v) is 4.68. The normalized spacial score (nSPS) is 36.9. The van der Waals surface area contributed by atoms with Gasteiger partial charge >= 0.3 is 0 Å². The van der Waals surface area contributed by atoms with Gasteiger partial charge in [0.15, 0.2) is 0 Å². The summed E-state index contributed by atoms with van der Waals surface area (Å²) in [5, 5.41) is 9.56. The summed E-state index contributed by atoms with van der Waals surface area (Å²) in [6.07, 6.45) is 9.99.